The van der Waals surface area contributed by atoms with Crippen LogP contribution >= 0.6 is 11.3 Å². The summed E-state index contributed by atoms with van der Waals surface area (Å²) in [5.41, 5.74) is 13.0. The van der Waals surface area contributed by atoms with Crippen molar-refractivity contribution in [2.75, 3.05) is 4.90 Å². The molecule has 2 heteroatoms. The van der Waals surface area contributed by atoms with E-state index in [1.807, 2.05) is 11.3 Å². The maximum Gasteiger partial charge on any atom is 0.0467 e. The number of fused-ring (bicyclic) bond motifs is 5. The summed E-state index contributed by atoms with van der Waals surface area (Å²) < 4.78 is 2.64. The van der Waals surface area contributed by atoms with Crippen molar-refractivity contribution in [3.8, 4) is 44.5 Å². The van der Waals surface area contributed by atoms with Crippen LogP contribution in [0.25, 0.3) is 86.2 Å². The SMILES string of the molecule is c1cc(-c2ccc3ccccc3c2)cc(N(c2ccc(-c3ccc(-c4cccc5ccccc45)cc3)cc2)c2ccc(-c3cccc4sc5ccccc5c34)cc2)c1. The highest BCUT2D eigenvalue weighted by atomic mass is 32.1. The number of benzene rings is 10. The van der Waals surface area contributed by atoms with Crippen LogP contribution in [0.5, 0.6) is 0 Å². The molecule has 0 spiro atoms. The fourth-order valence-corrected chi connectivity index (χ4v) is 9.70. The number of hydrogen-bond donors (Lipinski definition) is 0. The van der Waals surface area contributed by atoms with Gasteiger partial charge < -0.3 is 4.90 Å². The maximum atomic E-state index is 2.38. The molecule has 10 aromatic carbocycles. The van der Waals surface area contributed by atoms with E-state index in [0.29, 0.717) is 0 Å². The van der Waals surface area contributed by atoms with Gasteiger partial charge in [0.15, 0.2) is 0 Å². The molecule has 11 aromatic rings. The molecule has 0 atom stereocenters. The van der Waals surface area contributed by atoms with Crippen molar-refractivity contribution in [2.45, 2.75) is 0 Å². The number of thiophene rings is 1. The fourth-order valence-electron chi connectivity index (χ4n) is 8.57. The summed E-state index contributed by atoms with van der Waals surface area (Å²) in [5, 5.41) is 7.67. The molecular weight excluding hydrogens is 719 g/mol. The van der Waals surface area contributed by atoms with Gasteiger partial charge in [-0.2, -0.15) is 0 Å². The van der Waals surface area contributed by atoms with Crippen molar-refractivity contribution in [1.82, 2.24) is 0 Å². The molecule has 0 saturated carbocycles. The van der Waals surface area contributed by atoms with Gasteiger partial charge in [0.1, 0.15) is 0 Å². The minimum absolute atomic E-state index is 1.10. The van der Waals surface area contributed by atoms with Crippen molar-refractivity contribution in [2.24, 2.45) is 0 Å². The number of anilines is 3. The first-order valence-electron chi connectivity index (χ1n) is 19.8. The van der Waals surface area contributed by atoms with E-state index in [0.717, 1.165) is 17.1 Å². The van der Waals surface area contributed by atoms with E-state index < -0.39 is 0 Å². The molecule has 1 heterocycles. The quantitative estimate of drug-likeness (QED) is 0.157. The highest BCUT2D eigenvalue weighted by Crippen LogP contribution is 2.42. The number of hydrogen-bond acceptors (Lipinski definition) is 2. The van der Waals surface area contributed by atoms with Crippen molar-refractivity contribution in [3.63, 3.8) is 0 Å². The molecule has 0 unspecified atom stereocenters. The second-order valence-electron chi connectivity index (χ2n) is 14.9. The lowest BCUT2D eigenvalue weighted by Crippen LogP contribution is -2.10. The van der Waals surface area contributed by atoms with Gasteiger partial charge in [-0.05, 0) is 121 Å². The minimum atomic E-state index is 1.10. The maximum absolute atomic E-state index is 2.38. The second kappa shape index (κ2) is 14.4. The summed E-state index contributed by atoms with van der Waals surface area (Å²) in [6, 6.07) is 81.9. The number of rotatable bonds is 7. The van der Waals surface area contributed by atoms with Crippen LogP contribution in [0.4, 0.5) is 17.1 Å². The van der Waals surface area contributed by atoms with Gasteiger partial charge in [0, 0.05) is 37.2 Å². The Balaban J connectivity index is 0.974. The summed E-state index contributed by atoms with van der Waals surface area (Å²) in [6.07, 6.45) is 0. The average Bonchev–Trinajstić information content (AvgIpc) is 3.69. The van der Waals surface area contributed by atoms with Gasteiger partial charge in [-0.1, -0.05) is 170 Å². The Hall–Kier alpha value is -7.26. The van der Waals surface area contributed by atoms with Crippen molar-refractivity contribution in [3.05, 3.63) is 224 Å². The van der Waals surface area contributed by atoms with E-state index in [9.17, 15) is 0 Å². The Morgan fingerprint density at radius 2 is 0.793 bits per heavy atom. The van der Waals surface area contributed by atoms with E-state index in [-0.39, 0.29) is 0 Å². The lowest BCUT2D eigenvalue weighted by atomic mass is 9.96. The smallest absolute Gasteiger partial charge is 0.0467 e. The van der Waals surface area contributed by atoms with Gasteiger partial charge in [-0.15, -0.1) is 11.3 Å². The summed E-state index contributed by atoms with van der Waals surface area (Å²) in [7, 11) is 0. The van der Waals surface area contributed by atoms with Gasteiger partial charge in [0.05, 0.1) is 0 Å². The van der Waals surface area contributed by atoms with Crippen LogP contribution in [0.2, 0.25) is 0 Å². The summed E-state index contributed by atoms with van der Waals surface area (Å²) in [4.78, 5) is 2.38. The minimum Gasteiger partial charge on any atom is -0.310 e. The lowest BCUT2D eigenvalue weighted by Gasteiger charge is -2.26. The molecular formula is C56H37NS. The molecule has 0 N–H and O–H groups in total. The molecule has 0 fully saturated rings. The third kappa shape index (κ3) is 6.12. The molecule has 0 aliphatic rings. The Labute approximate surface area is 342 Å². The van der Waals surface area contributed by atoms with Crippen LogP contribution in [0.15, 0.2) is 224 Å². The average molecular weight is 756 g/mol. The van der Waals surface area contributed by atoms with Gasteiger partial charge in [0.2, 0.25) is 0 Å². The predicted molar refractivity (Wildman–Crippen MR) is 251 cm³/mol. The first kappa shape index (κ1) is 34.0. The predicted octanol–water partition coefficient (Wildman–Crippen LogP) is 16.5. The molecule has 0 radical (unpaired) electrons. The largest absolute Gasteiger partial charge is 0.310 e. The Morgan fingerprint density at radius 1 is 0.276 bits per heavy atom. The summed E-state index contributed by atoms with van der Waals surface area (Å²) >= 11 is 1.86. The molecule has 1 nitrogen and oxygen atoms in total. The van der Waals surface area contributed by atoms with Crippen LogP contribution in [0.1, 0.15) is 0 Å². The highest BCUT2D eigenvalue weighted by molar-refractivity contribution is 7.25. The molecule has 11 rings (SSSR count). The van der Waals surface area contributed by atoms with Crippen LogP contribution < -0.4 is 4.90 Å². The van der Waals surface area contributed by atoms with Crippen LogP contribution in [-0.4, -0.2) is 0 Å². The zero-order valence-electron chi connectivity index (χ0n) is 31.7. The van der Waals surface area contributed by atoms with E-state index >= 15 is 0 Å². The zero-order chi connectivity index (χ0) is 38.4. The van der Waals surface area contributed by atoms with E-state index in [1.165, 1.54) is 86.2 Å². The fraction of sp³-hybridized carbons (Fsp3) is 0. The lowest BCUT2D eigenvalue weighted by molar-refractivity contribution is 1.28. The standard InChI is InChI=1S/C56H37NS/c1-2-12-44-36-46(27-24-38(44)10-1)45-14-7-15-49(37-45)57(48-34-30-43(31-35-48)52-19-9-21-55-56(52)53-17-5-6-20-54(53)58-55)47-32-28-40(29-33-47)39-22-25-42(26-23-39)51-18-8-13-41-11-3-4-16-50(41)51/h1-37H. The highest BCUT2D eigenvalue weighted by Gasteiger charge is 2.16. The second-order valence-corrected chi connectivity index (χ2v) is 16.0. The number of nitrogens with zero attached hydrogens (tertiary/aromatic N) is 1. The van der Waals surface area contributed by atoms with E-state index in [1.54, 1.807) is 0 Å². The first-order valence-corrected chi connectivity index (χ1v) is 20.6. The molecule has 58 heavy (non-hydrogen) atoms. The van der Waals surface area contributed by atoms with Crippen molar-refractivity contribution < 1.29 is 0 Å². The third-order valence-electron chi connectivity index (χ3n) is 11.5. The molecule has 1 aromatic heterocycles. The summed E-state index contributed by atoms with van der Waals surface area (Å²) in [5.74, 6) is 0. The molecule has 0 amide bonds. The molecule has 0 bridgehead atoms. The normalized spacial score (nSPS) is 11.4. The Morgan fingerprint density at radius 3 is 1.59 bits per heavy atom. The van der Waals surface area contributed by atoms with E-state index in [4.69, 9.17) is 0 Å². The van der Waals surface area contributed by atoms with Crippen LogP contribution in [0.3, 0.4) is 0 Å². The monoisotopic (exact) mass is 755 g/mol. The van der Waals surface area contributed by atoms with Gasteiger partial charge in [0.25, 0.3) is 0 Å². The van der Waals surface area contributed by atoms with Gasteiger partial charge in [-0.25, -0.2) is 0 Å². The third-order valence-corrected chi connectivity index (χ3v) is 12.6. The first-order chi connectivity index (χ1) is 28.7. The Bertz CT molecular complexity index is 3260. The van der Waals surface area contributed by atoms with Crippen LogP contribution in [-0.2, 0) is 0 Å². The van der Waals surface area contributed by atoms with Gasteiger partial charge >= 0.3 is 0 Å². The van der Waals surface area contributed by atoms with Crippen molar-refractivity contribution in [1.29, 1.82) is 0 Å². The topological polar surface area (TPSA) is 3.24 Å². The Kier molecular flexibility index (Phi) is 8.42. The summed E-state index contributed by atoms with van der Waals surface area (Å²) in [6.45, 7) is 0. The molecule has 0 aliphatic carbocycles. The molecule has 0 aliphatic heterocycles. The van der Waals surface area contributed by atoms with Crippen LogP contribution in [0, 0.1) is 0 Å². The van der Waals surface area contributed by atoms with Crippen molar-refractivity contribution >= 4 is 70.1 Å². The zero-order valence-corrected chi connectivity index (χ0v) is 32.5. The molecule has 0 saturated heterocycles. The molecule has 272 valence electrons. The van der Waals surface area contributed by atoms with Gasteiger partial charge in [-0.3, -0.25) is 0 Å². The van der Waals surface area contributed by atoms with E-state index in [2.05, 4.69) is 229 Å².